The zero-order chi connectivity index (χ0) is 21.6. The number of amides is 1. The van der Waals surface area contributed by atoms with Crippen molar-refractivity contribution < 1.29 is 18.7 Å². The van der Waals surface area contributed by atoms with Gasteiger partial charge in [-0.05, 0) is 41.8 Å². The molecular formula is C24H21N3O4. The number of hydrogen-bond donors (Lipinski definition) is 1. The van der Waals surface area contributed by atoms with Crippen molar-refractivity contribution in [2.75, 3.05) is 19.5 Å². The van der Waals surface area contributed by atoms with Crippen molar-refractivity contribution >= 4 is 11.9 Å². The molecule has 0 radical (unpaired) electrons. The lowest BCUT2D eigenvalue weighted by atomic mass is 10.0. The van der Waals surface area contributed by atoms with Crippen molar-refractivity contribution in [3.05, 3.63) is 89.5 Å². The van der Waals surface area contributed by atoms with Gasteiger partial charge in [-0.25, -0.2) is 0 Å². The first-order valence-electron chi connectivity index (χ1n) is 9.66. The Morgan fingerprint density at radius 3 is 2.35 bits per heavy atom. The van der Waals surface area contributed by atoms with E-state index in [2.05, 4.69) is 27.6 Å². The highest BCUT2D eigenvalue weighted by molar-refractivity contribution is 6.03. The molecule has 0 aliphatic rings. The Labute approximate surface area is 179 Å². The van der Waals surface area contributed by atoms with Crippen LogP contribution < -0.4 is 14.8 Å². The molecular weight excluding hydrogens is 394 g/mol. The molecule has 0 unspecified atom stereocenters. The SMILES string of the molecule is COc1ccc(-c2nnc(NC(=O)c3ccc(Cc4ccccc4)cc3)o2)c(OC)c1. The number of benzene rings is 3. The first-order chi connectivity index (χ1) is 15.2. The average molecular weight is 415 g/mol. The second-order valence-electron chi connectivity index (χ2n) is 6.79. The third-order valence-electron chi connectivity index (χ3n) is 4.75. The maximum atomic E-state index is 12.6. The maximum absolute atomic E-state index is 12.6. The lowest BCUT2D eigenvalue weighted by Crippen LogP contribution is -2.12. The predicted octanol–water partition coefficient (Wildman–Crippen LogP) is 4.60. The van der Waals surface area contributed by atoms with Crippen molar-refractivity contribution in [2.24, 2.45) is 0 Å². The van der Waals surface area contributed by atoms with E-state index in [0.29, 0.717) is 22.6 Å². The number of carbonyl (C=O) groups excluding carboxylic acids is 1. The summed E-state index contributed by atoms with van der Waals surface area (Å²) in [6.45, 7) is 0. The number of methoxy groups -OCH3 is 2. The summed E-state index contributed by atoms with van der Waals surface area (Å²) in [5, 5.41) is 10.6. The minimum absolute atomic E-state index is 0.00577. The quantitative estimate of drug-likeness (QED) is 0.475. The second-order valence-corrected chi connectivity index (χ2v) is 6.79. The van der Waals surface area contributed by atoms with Gasteiger partial charge < -0.3 is 13.9 Å². The molecule has 1 aromatic heterocycles. The van der Waals surface area contributed by atoms with Crippen LogP contribution in [0.2, 0.25) is 0 Å². The van der Waals surface area contributed by atoms with E-state index in [1.54, 1.807) is 44.6 Å². The van der Waals surface area contributed by atoms with Crippen LogP contribution in [0.25, 0.3) is 11.5 Å². The van der Waals surface area contributed by atoms with E-state index < -0.39 is 0 Å². The monoisotopic (exact) mass is 415 g/mol. The van der Waals surface area contributed by atoms with E-state index in [-0.39, 0.29) is 17.8 Å². The van der Waals surface area contributed by atoms with E-state index >= 15 is 0 Å². The number of anilines is 1. The van der Waals surface area contributed by atoms with Crippen molar-refractivity contribution in [3.8, 4) is 23.0 Å². The van der Waals surface area contributed by atoms with Gasteiger partial charge in [-0.1, -0.05) is 47.6 Å². The van der Waals surface area contributed by atoms with Crippen LogP contribution >= 0.6 is 0 Å². The van der Waals surface area contributed by atoms with Gasteiger partial charge >= 0.3 is 6.01 Å². The Morgan fingerprint density at radius 1 is 0.903 bits per heavy atom. The lowest BCUT2D eigenvalue weighted by molar-refractivity contribution is 0.102. The summed E-state index contributed by atoms with van der Waals surface area (Å²) in [4.78, 5) is 12.6. The first-order valence-corrected chi connectivity index (χ1v) is 9.66. The number of ether oxygens (including phenoxy) is 2. The molecule has 7 heteroatoms. The van der Waals surface area contributed by atoms with Crippen LogP contribution in [-0.4, -0.2) is 30.3 Å². The number of carbonyl (C=O) groups is 1. The number of nitrogens with zero attached hydrogens (tertiary/aromatic N) is 2. The van der Waals surface area contributed by atoms with E-state index in [1.807, 2.05) is 30.3 Å². The Bertz CT molecular complexity index is 1170. The van der Waals surface area contributed by atoms with Crippen LogP contribution in [0.5, 0.6) is 11.5 Å². The molecule has 0 saturated carbocycles. The van der Waals surface area contributed by atoms with Gasteiger partial charge in [0, 0.05) is 11.6 Å². The summed E-state index contributed by atoms with van der Waals surface area (Å²) in [7, 11) is 3.11. The fraction of sp³-hybridized carbons (Fsp3) is 0.125. The minimum Gasteiger partial charge on any atom is -0.497 e. The first kappa shape index (κ1) is 20.2. The molecule has 1 N–H and O–H groups in total. The molecule has 31 heavy (non-hydrogen) atoms. The summed E-state index contributed by atoms with van der Waals surface area (Å²) in [6, 6.07) is 22.8. The predicted molar refractivity (Wildman–Crippen MR) is 116 cm³/mol. The number of hydrogen-bond acceptors (Lipinski definition) is 6. The Hall–Kier alpha value is -4.13. The number of nitrogens with one attached hydrogen (secondary N) is 1. The van der Waals surface area contributed by atoms with E-state index in [9.17, 15) is 4.79 Å². The van der Waals surface area contributed by atoms with Gasteiger partial charge in [-0.3, -0.25) is 10.1 Å². The highest BCUT2D eigenvalue weighted by atomic mass is 16.5. The summed E-state index contributed by atoms with van der Waals surface area (Å²) in [5.74, 6) is 1.07. The van der Waals surface area contributed by atoms with Crippen LogP contribution in [0.15, 0.2) is 77.2 Å². The van der Waals surface area contributed by atoms with Gasteiger partial charge in [-0.15, -0.1) is 5.10 Å². The van der Waals surface area contributed by atoms with Crippen LogP contribution in [0.1, 0.15) is 21.5 Å². The van der Waals surface area contributed by atoms with E-state index in [0.717, 1.165) is 12.0 Å². The molecule has 1 heterocycles. The Kier molecular flexibility index (Phi) is 5.93. The van der Waals surface area contributed by atoms with Gasteiger partial charge in [0.15, 0.2) is 0 Å². The van der Waals surface area contributed by atoms with Crippen molar-refractivity contribution in [1.82, 2.24) is 10.2 Å². The fourth-order valence-electron chi connectivity index (χ4n) is 3.13. The molecule has 0 spiro atoms. The highest BCUT2D eigenvalue weighted by Gasteiger charge is 2.16. The Morgan fingerprint density at radius 2 is 1.65 bits per heavy atom. The van der Waals surface area contributed by atoms with Crippen molar-refractivity contribution in [2.45, 2.75) is 6.42 Å². The van der Waals surface area contributed by atoms with Crippen LogP contribution in [0.3, 0.4) is 0 Å². The van der Waals surface area contributed by atoms with Crippen LogP contribution in [0.4, 0.5) is 6.01 Å². The lowest BCUT2D eigenvalue weighted by Gasteiger charge is -2.07. The van der Waals surface area contributed by atoms with Gasteiger partial charge in [0.05, 0.1) is 19.8 Å². The topological polar surface area (TPSA) is 86.5 Å². The molecule has 0 atom stereocenters. The standard InChI is InChI=1S/C24H21N3O4/c1-29-19-12-13-20(21(15-19)30-2)23-26-27-24(31-23)25-22(28)18-10-8-17(9-11-18)14-16-6-4-3-5-7-16/h3-13,15H,14H2,1-2H3,(H,25,27,28). The summed E-state index contributed by atoms with van der Waals surface area (Å²) >= 11 is 0. The number of rotatable bonds is 7. The van der Waals surface area contributed by atoms with Crippen molar-refractivity contribution in [1.29, 1.82) is 0 Å². The highest BCUT2D eigenvalue weighted by Crippen LogP contribution is 2.33. The third kappa shape index (κ3) is 4.72. The van der Waals surface area contributed by atoms with Crippen molar-refractivity contribution in [3.63, 3.8) is 0 Å². The van der Waals surface area contributed by atoms with E-state index in [1.165, 1.54) is 5.56 Å². The van der Waals surface area contributed by atoms with Gasteiger partial charge in [0.1, 0.15) is 11.5 Å². The Balaban J connectivity index is 1.44. The molecule has 1 amide bonds. The smallest absolute Gasteiger partial charge is 0.322 e. The third-order valence-corrected chi connectivity index (χ3v) is 4.75. The summed E-state index contributed by atoms with van der Waals surface area (Å²) < 4.78 is 16.2. The van der Waals surface area contributed by atoms with E-state index in [4.69, 9.17) is 13.9 Å². The van der Waals surface area contributed by atoms with Gasteiger partial charge in [0.2, 0.25) is 0 Å². The summed E-state index contributed by atoms with van der Waals surface area (Å²) in [6.07, 6.45) is 0.805. The second kappa shape index (κ2) is 9.13. The zero-order valence-electron chi connectivity index (χ0n) is 17.2. The molecule has 3 aromatic carbocycles. The minimum atomic E-state index is -0.330. The normalized spacial score (nSPS) is 10.5. The average Bonchev–Trinajstić information content (AvgIpc) is 3.28. The van der Waals surface area contributed by atoms with Crippen LogP contribution in [0, 0.1) is 0 Å². The molecule has 0 fully saturated rings. The maximum Gasteiger partial charge on any atom is 0.322 e. The molecule has 0 aliphatic carbocycles. The molecule has 4 rings (SSSR count). The molecule has 156 valence electrons. The molecule has 0 bridgehead atoms. The molecule has 4 aromatic rings. The zero-order valence-corrected chi connectivity index (χ0v) is 17.2. The summed E-state index contributed by atoms with van der Waals surface area (Å²) in [5.41, 5.74) is 3.43. The largest absolute Gasteiger partial charge is 0.497 e. The molecule has 0 saturated heterocycles. The molecule has 7 nitrogen and oxygen atoms in total. The van der Waals surface area contributed by atoms with Gasteiger partial charge in [-0.2, -0.15) is 0 Å². The number of aromatic nitrogens is 2. The fourth-order valence-corrected chi connectivity index (χ4v) is 3.13. The van der Waals surface area contributed by atoms with Gasteiger partial charge in [0.25, 0.3) is 11.8 Å². The molecule has 0 aliphatic heterocycles. The van der Waals surface area contributed by atoms with Crippen LogP contribution in [-0.2, 0) is 6.42 Å².